The van der Waals surface area contributed by atoms with Crippen molar-refractivity contribution in [3.8, 4) is 23.0 Å². The minimum atomic E-state index is -0.0131. The van der Waals surface area contributed by atoms with Crippen molar-refractivity contribution in [1.29, 1.82) is 0 Å². The van der Waals surface area contributed by atoms with Gasteiger partial charge in [0.25, 0.3) is 5.91 Å². The first kappa shape index (κ1) is 22.8. The minimum absolute atomic E-state index is 0.00470. The Morgan fingerprint density at radius 2 is 1.77 bits per heavy atom. The fourth-order valence-electron chi connectivity index (χ4n) is 4.60. The molecule has 5 rings (SSSR count). The molecule has 1 amide bonds. The summed E-state index contributed by atoms with van der Waals surface area (Å²) in [6.45, 7) is 5.98. The van der Waals surface area contributed by atoms with Crippen molar-refractivity contribution in [3.05, 3.63) is 77.4 Å². The number of benzene rings is 3. The van der Waals surface area contributed by atoms with Gasteiger partial charge in [-0.3, -0.25) is 4.79 Å². The molecular formula is C28H29N3O4. The van der Waals surface area contributed by atoms with Gasteiger partial charge < -0.3 is 24.0 Å². The predicted molar refractivity (Wildman–Crippen MR) is 136 cm³/mol. The molecule has 7 nitrogen and oxygen atoms in total. The Labute approximate surface area is 205 Å². The van der Waals surface area contributed by atoms with Crippen LogP contribution in [0.15, 0.2) is 65.7 Å². The number of hydrogen-bond acceptors (Lipinski definition) is 6. The second kappa shape index (κ2) is 9.33. The highest BCUT2D eigenvalue weighted by atomic mass is 16.5. The van der Waals surface area contributed by atoms with Gasteiger partial charge in [-0.2, -0.15) is 0 Å². The average molecular weight is 472 g/mol. The van der Waals surface area contributed by atoms with Crippen molar-refractivity contribution in [1.82, 2.24) is 9.80 Å². The van der Waals surface area contributed by atoms with Crippen molar-refractivity contribution < 1.29 is 19.0 Å². The molecule has 0 N–H and O–H groups in total. The minimum Gasteiger partial charge on any atom is -0.497 e. The molecule has 0 radical (unpaired) electrons. The monoisotopic (exact) mass is 471 g/mol. The first-order valence-corrected chi connectivity index (χ1v) is 11.7. The Kier molecular flexibility index (Phi) is 6.07. The molecule has 0 unspecified atom stereocenters. The largest absolute Gasteiger partial charge is 0.497 e. The maximum absolute atomic E-state index is 13.3. The summed E-state index contributed by atoms with van der Waals surface area (Å²) in [5.41, 5.74) is 3.39. The third-order valence-electron chi connectivity index (χ3n) is 6.49. The first-order chi connectivity index (χ1) is 17.0. The molecule has 2 aliphatic heterocycles. The van der Waals surface area contributed by atoms with Crippen LogP contribution in [0.5, 0.6) is 23.0 Å². The van der Waals surface area contributed by atoms with Crippen LogP contribution in [0.4, 0.5) is 5.69 Å². The van der Waals surface area contributed by atoms with Crippen molar-refractivity contribution in [2.75, 3.05) is 33.9 Å². The van der Waals surface area contributed by atoms with Crippen LogP contribution in [0.3, 0.4) is 0 Å². The maximum atomic E-state index is 13.3. The van der Waals surface area contributed by atoms with E-state index in [1.165, 1.54) is 0 Å². The van der Waals surface area contributed by atoms with Gasteiger partial charge in [0.15, 0.2) is 5.75 Å². The quantitative estimate of drug-likeness (QED) is 0.535. The van der Waals surface area contributed by atoms with Crippen LogP contribution in [-0.4, -0.2) is 61.4 Å². The average Bonchev–Trinajstić information content (AvgIpc) is 3.04. The summed E-state index contributed by atoms with van der Waals surface area (Å²) in [6, 6.07) is 19.1. The Balaban J connectivity index is 1.46. The van der Waals surface area contributed by atoms with Gasteiger partial charge >= 0.3 is 0 Å². The molecule has 1 atom stereocenters. The van der Waals surface area contributed by atoms with Crippen LogP contribution in [0.25, 0.3) is 0 Å². The van der Waals surface area contributed by atoms with Gasteiger partial charge in [0.05, 0.1) is 19.8 Å². The van der Waals surface area contributed by atoms with Crippen molar-refractivity contribution >= 4 is 17.4 Å². The SMILES string of the molecule is COc1cccc(C(=O)N2CCN(C3=Nc4ccc(C)cc4Oc4ccc(OC)cc43)C[C@H]2C)c1. The summed E-state index contributed by atoms with van der Waals surface area (Å²) < 4.78 is 17.1. The number of carbonyl (C=O) groups is 1. The molecule has 0 aliphatic carbocycles. The van der Waals surface area contributed by atoms with Gasteiger partial charge in [0, 0.05) is 31.2 Å². The van der Waals surface area contributed by atoms with Crippen LogP contribution in [0.1, 0.15) is 28.4 Å². The number of aryl methyl sites for hydroxylation is 1. The van der Waals surface area contributed by atoms with Gasteiger partial charge in [0.2, 0.25) is 0 Å². The number of fused-ring (bicyclic) bond motifs is 2. The molecule has 0 spiro atoms. The van der Waals surface area contributed by atoms with Crippen LogP contribution >= 0.6 is 0 Å². The molecule has 2 aliphatic rings. The molecule has 2 heterocycles. The number of rotatable bonds is 3. The lowest BCUT2D eigenvalue weighted by molar-refractivity contribution is 0.0581. The topological polar surface area (TPSA) is 63.6 Å². The van der Waals surface area contributed by atoms with Gasteiger partial charge in [-0.1, -0.05) is 12.1 Å². The molecular weight excluding hydrogens is 442 g/mol. The second-order valence-electron chi connectivity index (χ2n) is 8.90. The van der Waals surface area contributed by atoms with Gasteiger partial charge in [-0.25, -0.2) is 4.99 Å². The zero-order valence-electron chi connectivity index (χ0n) is 20.4. The molecule has 180 valence electrons. The summed E-state index contributed by atoms with van der Waals surface area (Å²) in [5.74, 6) is 3.70. The lowest BCUT2D eigenvalue weighted by atomic mass is 10.1. The van der Waals surface area contributed by atoms with E-state index < -0.39 is 0 Å². The van der Waals surface area contributed by atoms with Gasteiger partial charge in [0.1, 0.15) is 28.8 Å². The zero-order chi connectivity index (χ0) is 24.5. The lowest BCUT2D eigenvalue weighted by Crippen LogP contribution is -2.55. The van der Waals surface area contributed by atoms with Gasteiger partial charge in [-0.15, -0.1) is 0 Å². The lowest BCUT2D eigenvalue weighted by Gasteiger charge is -2.41. The second-order valence-corrected chi connectivity index (χ2v) is 8.90. The van der Waals surface area contributed by atoms with Crippen molar-refractivity contribution in [2.24, 2.45) is 4.99 Å². The van der Waals surface area contributed by atoms with E-state index in [1.54, 1.807) is 20.3 Å². The number of methoxy groups -OCH3 is 2. The van der Waals surface area contributed by atoms with Crippen LogP contribution < -0.4 is 14.2 Å². The molecule has 7 heteroatoms. The predicted octanol–water partition coefficient (Wildman–Crippen LogP) is 5.04. The molecule has 1 fully saturated rings. The maximum Gasteiger partial charge on any atom is 0.254 e. The number of aliphatic imine (C=N–C) groups is 1. The van der Waals surface area contributed by atoms with E-state index in [9.17, 15) is 4.79 Å². The summed E-state index contributed by atoms with van der Waals surface area (Å²) in [7, 11) is 3.26. The number of nitrogens with zero attached hydrogens (tertiary/aromatic N) is 3. The summed E-state index contributed by atoms with van der Waals surface area (Å²) in [5, 5.41) is 0. The van der Waals surface area contributed by atoms with E-state index in [-0.39, 0.29) is 11.9 Å². The van der Waals surface area contributed by atoms with Crippen LogP contribution in [0, 0.1) is 6.92 Å². The number of carbonyl (C=O) groups excluding carboxylic acids is 1. The highest BCUT2D eigenvalue weighted by Crippen LogP contribution is 2.40. The Hall–Kier alpha value is -4.00. The summed E-state index contributed by atoms with van der Waals surface area (Å²) >= 11 is 0. The summed E-state index contributed by atoms with van der Waals surface area (Å²) in [4.78, 5) is 22.5. The normalized spacial score (nSPS) is 16.9. The van der Waals surface area contributed by atoms with E-state index in [1.807, 2.05) is 66.4 Å². The highest BCUT2D eigenvalue weighted by Gasteiger charge is 2.32. The number of amidine groups is 1. The number of piperazine rings is 1. The van der Waals surface area contributed by atoms with Crippen molar-refractivity contribution in [2.45, 2.75) is 19.9 Å². The molecule has 1 saturated heterocycles. The highest BCUT2D eigenvalue weighted by molar-refractivity contribution is 6.04. The molecule has 0 bridgehead atoms. The van der Waals surface area contributed by atoms with E-state index in [0.717, 1.165) is 39.9 Å². The van der Waals surface area contributed by atoms with E-state index in [0.29, 0.717) is 30.9 Å². The Morgan fingerprint density at radius 1 is 0.971 bits per heavy atom. The van der Waals surface area contributed by atoms with E-state index in [4.69, 9.17) is 19.2 Å². The molecule has 0 saturated carbocycles. The number of hydrogen-bond donors (Lipinski definition) is 0. The smallest absolute Gasteiger partial charge is 0.254 e. The van der Waals surface area contributed by atoms with E-state index >= 15 is 0 Å². The Bertz CT molecular complexity index is 1300. The molecule has 3 aromatic carbocycles. The Morgan fingerprint density at radius 3 is 2.54 bits per heavy atom. The first-order valence-electron chi connectivity index (χ1n) is 11.7. The van der Waals surface area contributed by atoms with Crippen LogP contribution in [0.2, 0.25) is 0 Å². The number of ether oxygens (including phenoxy) is 3. The third kappa shape index (κ3) is 4.41. The molecule has 3 aromatic rings. The van der Waals surface area contributed by atoms with E-state index in [2.05, 4.69) is 11.8 Å². The number of amides is 1. The zero-order valence-corrected chi connectivity index (χ0v) is 20.4. The molecule has 0 aromatic heterocycles. The van der Waals surface area contributed by atoms with Gasteiger partial charge in [-0.05, 0) is 67.9 Å². The summed E-state index contributed by atoms with van der Waals surface area (Å²) in [6.07, 6.45) is 0. The fraction of sp³-hybridized carbons (Fsp3) is 0.286. The fourth-order valence-corrected chi connectivity index (χ4v) is 4.60. The third-order valence-corrected chi connectivity index (χ3v) is 6.49. The van der Waals surface area contributed by atoms with Crippen molar-refractivity contribution in [3.63, 3.8) is 0 Å². The van der Waals surface area contributed by atoms with Crippen LogP contribution in [-0.2, 0) is 0 Å². The molecule has 35 heavy (non-hydrogen) atoms. The standard InChI is InChI=1S/C28H29N3O4/c1-18-8-10-24-26(14-18)35-25-11-9-22(34-4)16-23(25)27(29-24)30-12-13-31(19(2)17-30)28(32)20-6-5-7-21(15-20)33-3/h5-11,14-16,19H,12-13,17H2,1-4H3/t19-/m1/s1.